The van der Waals surface area contributed by atoms with Gasteiger partial charge in [0, 0.05) is 13.1 Å². The first-order valence-electron chi connectivity index (χ1n) is 7.83. The fraction of sp³-hybridized carbons (Fsp3) is 0.556. The van der Waals surface area contributed by atoms with Crippen molar-refractivity contribution in [3.8, 4) is 11.5 Å². The van der Waals surface area contributed by atoms with E-state index in [1.54, 1.807) is 14.2 Å². The molecule has 0 aromatic heterocycles. The third kappa shape index (κ3) is 7.03. The van der Waals surface area contributed by atoms with E-state index in [1.807, 2.05) is 25.1 Å². The van der Waals surface area contributed by atoms with E-state index in [9.17, 15) is 5.11 Å². The van der Waals surface area contributed by atoms with Gasteiger partial charge in [-0.25, -0.2) is 0 Å². The van der Waals surface area contributed by atoms with Gasteiger partial charge in [-0.3, -0.25) is 4.90 Å². The molecule has 1 atom stereocenters. The minimum absolute atomic E-state index is 0.293. The number of aliphatic hydroxyl groups excluding tert-OH is 1. The topological polar surface area (TPSA) is 51.2 Å². The molecule has 0 heterocycles. The number of benzene rings is 1. The summed E-state index contributed by atoms with van der Waals surface area (Å²) in [4.78, 5) is 2.15. The molecule has 1 aromatic rings. The van der Waals surface area contributed by atoms with Crippen LogP contribution in [0.15, 0.2) is 30.4 Å². The average molecular weight is 323 g/mol. The summed E-state index contributed by atoms with van der Waals surface area (Å²) in [5.74, 6) is 1.36. The van der Waals surface area contributed by atoms with Crippen molar-refractivity contribution in [1.82, 2.24) is 4.90 Å². The van der Waals surface area contributed by atoms with Gasteiger partial charge in [0.15, 0.2) is 11.5 Å². The van der Waals surface area contributed by atoms with Crippen LogP contribution in [0.2, 0.25) is 0 Å². The van der Waals surface area contributed by atoms with Gasteiger partial charge in [0.25, 0.3) is 0 Å². The Kier molecular flexibility index (Phi) is 8.69. The van der Waals surface area contributed by atoms with Crippen molar-refractivity contribution in [2.75, 3.05) is 40.5 Å². The number of aliphatic hydroxyl groups is 1. The molecule has 0 radical (unpaired) electrons. The smallest absolute Gasteiger partial charge is 0.161 e. The molecule has 1 rings (SSSR count). The highest BCUT2D eigenvalue weighted by Gasteiger charge is 2.11. The van der Waals surface area contributed by atoms with Gasteiger partial charge in [-0.15, -0.1) is 0 Å². The zero-order valence-corrected chi connectivity index (χ0v) is 14.7. The third-order valence-corrected chi connectivity index (χ3v) is 3.44. The van der Waals surface area contributed by atoms with Gasteiger partial charge in [-0.05, 0) is 31.2 Å². The van der Waals surface area contributed by atoms with E-state index in [-0.39, 0.29) is 0 Å². The van der Waals surface area contributed by atoms with Crippen molar-refractivity contribution in [3.63, 3.8) is 0 Å². The molecular formula is C18H29NO4. The zero-order valence-electron chi connectivity index (χ0n) is 14.7. The molecule has 0 saturated carbocycles. The Morgan fingerprint density at radius 2 is 1.96 bits per heavy atom. The van der Waals surface area contributed by atoms with Crippen LogP contribution in [0, 0.1) is 0 Å². The lowest BCUT2D eigenvalue weighted by Gasteiger charge is -2.23. The lowest BCUT2D eigenvalue weighted by Crippen LogP contribution is -2.35. The summed E-state index contributed by atoms with van der Waals surface area (Å²) in [6.07, 6.45) is -0.519. The number of hydrogen-bond acceptors (Lipinski definition) is 5. The molecule has 0 saturated heterocycles. The molecule has 0 spiro atoms. The molecule has 5 nitrogen and oxygen atoms in total. The fourth-order valence-electron chi connectivity index (χ4n) is 2.32. The van der Waals surface area contributed by atoms with Gasteiger partial charge in [0.2, 0.25) is 0 Å². The molecule has 0 fully saturated rings. The Labute approximate surface area is 139 Å². The molecule has 0 aliphatic heterocycles. The predicted molar refractivity (Wildman–Crippen MR) is 92.1 cm³/mol. The number of nitrogens with zero attached hydrogens (tertiary/aromatic N) is 1. The quantitative estimate of drug-likeness (QED) is 0.634. The highest BCUT2D eigenvalue weighted by atomic mass is 16.5. The van der Waals surface area contributed by atoms with E-state index in [0.29, 0.717) is 31.3 Å². The summed E-state index contributed by atoms with van der Waals surface area (Å²) in [5, 5.41) is 10.1. The summed E-state index contributed by atoms with van der Waals surface area (Å²) in [6, 6.07) is 5.65. The van der Waals surface area contributed by atoms with Crippen molar-refractivity contribution >= 4 is 0 Å². The van der Waals surface area contributed by atoms with Crippen molar-refractivity contribution in [2.24, 2.45) is 0 Å². The van der Waals surface area contributed by atoms with Crippen LogP contribution in [-0.2, 0) is 11.3 Å². The zero-order chi connectivity index (χ0) is 17.2. The Balaban J connectivity index is 2.42. The molecule has 0 bridgehead atoms. The molecular weight excluding hydrogens is 294 g/mol. The van der Waals surface area contributed by atoms with Crippen LogP contribution in [0.4, 0.5) is 0 Å². The molecule has 5 heteroatoms. The maximum absolute atomic E-state index is 10.1. The Bertz CT molecular complexity index is 490. The first-order valence-corrected chi connectivity index (χ1v) is 7.83. The van der Waals surface area contributed by atoms with Gasteiger partial charge < -0.3 is 19.3 Å². The predicted octanol–water partition coefficient (Wildman–Crippen LogP) is 2.48. The summed E-state index contributed by atoms with van der Waals surface area (Å²) < 4.78 is 16.1. The Hall–Kier alpha value is -1.56. The first kappa shape index (κ1) is 19.5. The van der Waals surface area contributed by atoms with Crippen molar-refractivity contribution in [1.29, 1.82) is 0 Å². The second-order valence-electron chi connectivity index (χ2n) is 5.64. The maximum atomic E-state index is 10.1. The summed E-state index contributed by atoms with van der Waals surface area (Å²) >= 11 is 0. The number of methoxy groups -OCH3 is 2. The molecule has 1 aromatic carbocycles. The van der Waals surface area contributed by atoms with E-state index in [2.05, 4.69) is 18.4 Å². The second kappa shape index (κ2) is 10.3. The minimum atomic E-state index is -0.519. The molecule has 1 N–H and O–H groups in total. The largest absolute Gasteiger partial charge is 0.493 e. The van der Waals surface area contributed by atoms with E-state index < -0.39 is 6.10 Å². The van der Waals surface area contributed by atoms with Crippen LogP contribution < -0.4 is 9.47 Å². The van der Waals surface area contributed by atoms with E-state index in [4.69, 9.17) is 14.2 Å². The van der Waals surface area contributed by atoms with Crippen molar-refractivity contribution in [2.45, 2.75) is 26.6 Å². The lowest BCUT2D eigenvalue weighted by molar-refractivity contribution is 0.0120. The van der Waals surface area contributed by atoms with Crippen molar-refractivity contribution in [3.05, 3.63) is 35.9 Å². The van der Waals surface area contributed by atoms with Crippen LogP contribution in [-0.4, -0.2) is 56.6 Å². The summed E-state index contributed by atoms with van der Waals surface area (Å²) in [6.45, 7) is 10.9. The molecule has 23 heavy (non-hydrogen) atoms. The van der Waals surface area contributed by atoms with Gasteiger partial charge in [0.1, 0.15) is 0 Å². The van der Waals surface area contributed by atoms with Crippen LogP contribution in [0.5, 0.6) is 11.5 Å². The monoisotopic (exact) mass is 323 g/mol. The van der Waals surface area contributed by atoms with Crippen LogP contribution in [0.3, 0.4) is 0 Å². The van der Waals surface area contributed by atoms with Gasteiger partial charge in [-0.2, -0.15) is 0 Å². The van der Waals surface area contributed by atoms with Crippen molar-refractivity contribution < 1.29 is 19.3 Å². The normalized spacial score (nSPS) is 12.3. The standard InChI is InChI=1S/C18H29NO4/c1-6-19(10-14(2)3)11-16(20)13-23-12-15-7-8-17(21-4)18(9-15)22-5/h7-9,16,20H,2,6,10-13H2,1,3-5H3. The molecule has 0 aliphatic carbocycles. The van der Waals surface area contributed by atoms with Gasteiger partial charge >= 0.3 is 0 Å². The Morgan fingerprint density at radius 1 is 1.26 bits per heavy atom. The highest BCUT2D eigenvalue weighted by Crippen LogP contribution is 2.27. The lowest BCUT2D eigenvalue weighted by atomic mass is 10.2. The number of ether oxygens (including phenoxy) is 3. The van der Waals surface area contributed by atoms with Crippen LogP contribution in [0.25, 0.3) is 0 Å². The van der Waals surface area contributed by atoms with Crippen LogP contribution in [0.1, 0.15) is 19.4 Å². The van der Waals surface area contributed by atoms with Gasteiger partial charge in [0.05, 0.1) is 33.5 Å². The molecule has 0 amide bonds. The summed E-state index contributed by atoms with van der Waals surface area (Å²) in [7, 11) is 3.21. The number of rotatable bonds is 11. The SMILES string of the molecule is C=C(C)CN(CC)CC(O)COCc1ccc(OC)c(OC)c1. The molecule has 0 aliphatic rings. The summed E-state index contributed by atoms with van der Waals surface area (Å²) in [5.41, 5.74) is 2.06. The number of hydrogen-bond donors (Lipinski definition) is 1. The minimum Gasteiger partial charge on any atom is -0.493 e. The third-order valence-electron chi connectivity index (χ3n) is 3.44. The second-order valence-corrected chi connectivity index (χ2v) is 5.64. The van der Waals surface area contributed by atoms with E-state index in [1.165, 1.54) is 0 Å². The van der Waals surface area contributed by atoms with E-state index >= 15 is 0 Å². The maximum Gasteiger partial charge on any atom is 0.161 e. The number of likely N-dealkylation sites (N-methyl/N-ethyl adjacent to an activating group) is 1. The van der Waals surface area contributed by atoms with Gasteiger partial charge in [-0.1, -0.05) is 25.1 Å². The van der Waals surface area contributed by atoms with E-state index in [0.717, 1.165) is 24.2 Å². The highest BCUT2D eigenvalue weighted by molar-refractivity contribution is 5.42. The van der Waals surface area contributed by atoms with Crippen LogP contribution >= 0.6 is 0 Å². The molecule has 130 valence electrons. The Morgan fingerprint density at radius 3 is 2.52 bits per heavy atom. The fourth-order valence-corrected chi connectivity index (χ4v) is 2.32. The first-order chi connectivity index (χ1) is 11.0. The molecule has 1 unspecified atom stereocenters. The average Bonchev–Trinajstić information content (AvgIpc) is 2.53.